The molecule has 0 aliphatic rings. The molecule has 0 aliphatic heterocycles. The van der Waals surface area contributed by atoms with Crippen molar-refractivity contribution in [1.82, 2.24) is 4.90 Å². The molecular weight excluding hydrogens is 347 g/mol. The van der Waals surface area contributed by atoms with Crippen LogP contribution < -0.4 is 4.74 Å². The predicted octanol–water partition coefficient (Wildman–Crippen LogP) is 4.23. The van der Waals surface area contributed by atoms with Crippen LogP contribution in [0.3, 0.4) is 0 Å². The molecule has 7 heteroatoms. The Morgan fingerprint density at radius 3 is 2.35 bits per heavy atom. The maximum absolute atomic E-state index is 13.2. The van der Waals surface area contributed by atoms with Gasteiger partial charge in [-0.15, -0.1) is 0 Å². The van der Waals surface area contributed by atoms with Crippen molar-refractivity contribution in [2.45, 2.75) is 18.7 Å². The number of ether oxygens (including phenoxy) is 1. The van der Waals surface area contributed by atoms with Gasteiger partial charge in [-0.1, -0.05) is 42.5 Å². The number of carboxylic acids is 1. The van der Waals surface area contributed by atoms with E-state index in [2.05, 4.69) is 0 Å². The lowest BCUT2D eigenvalue weighted by molar-refractivity contribution is -0.140. The largest absolute Gasteiger partial charge is 0.485 e. The van der Waals surface area contributed by atoms with E-state index < -0.39 is 23.8 Å². The summed E-state index contributed by atoms with van der Waals surface area (Å²) in [5, 5.41) is 8.83. The van der Waals surface area contributed by atoms with Crippen molar-refractivity contribution in [3.05, 3.63) is 65.7 Å². The van der Waals surface area contributed by atoms with Crippen LogP contribution in [0, 0.1) is 0 Å². The Bertz CT molecular complexity index is 719. The average Bonchev–Trinajstić information content (AvgIpc) is 2.58. The molecular formula is C19H20F3NO3. The molecule has 2 aromatic carbocycles. The van der Waals surface area contributed by atoms with Gasteiger partial charge in [-0.05, 0) is 24.7 Å². The summed E-state index contributed by atoms with van der Waals surface area (Å²) in [6.45, 7) is 0.209. The Morgan fingerprint density at radius 2 is 1.73 bits per heavy atom. The van der Waals surface area contributed by atoms with Crippen molar-refractivity contribution < 1.29 is 27.8 Å². The van der Waals surface area contributed by atoms with Crippen molar-refractivity contribution in [2.24, 2.45) is 0 Å². The van der Waals surface area contributed by atoms with Gasteiger partial charge in [0.05, 0.1) is 12.1 Å². The lowest BCUT2D eigenvalue weighted by Gasteiger charge is -2.24. The van der Waals surface area contributed by atoms with Gasteiger partial charge in [-0.3, -0.25) is 9.69 Å². The van der Waals surface area contributed by atoms with Gasteiger partial charge in [0, 0.05) is 13.0 Å². The van der Waals surface area contributed by atoms with Crippen LogP contribution in [-0.4, -0.2) is 36.1 Å². The normalized spacial score (nSPS) is 12.8. The van der Waals surface area contributed by atoms with Crippen LogP contribution in [0.4, 0.5) is 13.2 Å². The highest BCUT2D eigenvalue weighted by Crippen LogP contribution is 2.38. The molecule has 1 unspecified atom stereocenters. The highest BCUT2D eigenvalue weighted by atomic mass is 19.4. The van der Waals surface area contributed by atoms with Crippen LogP contribution in [-0.2, 0) is 11.0 Å². The molecule has 0 bridgehead atoms. The molecule has 4 nitrogen and oxygen atoms in total. The van der Waals surface area contributed by atoms with Gasteiger partial charge in [-0.2, -0.15) is 13.2 Å². The van der Waals surface area contributed by atoms with E-state index in [0.29, 0.717) is 13.0 Å². The summed E-state index contributed by atoms with van der Waals surface area (Å²) in [5.74, 6) is -1.21. The molecule has 0 fully saturated rings. The summed E-state index contributed by atoms with van der Waals surface area (Å²) in [6, 6.07) is 14.0. The van der Waals surface area contributed by atoms with Gasteiger partial charge in [-0.25, -0.2) is 0 Å². The molecule has 140 valence electrons. The monoisotopic (exact) mass is 367 g/mol. The number of hydrogen-bond acceptors (Lipinski definition) is 3. The Kier molecular flexibility index (Phi) is 6.63. The van der Waals surface area contributed by atoms with E-state index >= 15 is 0 Å². The molecule has 1 N–H and O–H groups in total. The first-order chi connectivity index (χ1) is 12.3. The number of hydrogen-bond donors (Lipinski definition) is 1. The standard InChI is InChI=1S/C19H20F3NO3/c1-23(13-18(24)25)12-11-16(14-7-3-2-4-8-14)26-17-10-6-5-9-15(17)19(20,21)22/h2-10,16H,11-13H2,1H3,(H,24,25). The van der Waals surface area contributed by atoms with E-state index in [0.717, 1.165) is 11.6 Å². The van der Waals surface area contributed by atoms with E-state index in [-0.39, 0.29) is 12.3 Å². The second kappa shape index (κ2) is 8.71. The molecule has 0 amide bonds. The molecule has 0 radical (unpaired) electrons. The molecule has 26 heavy (non-hydrogen) atoms. The number of carbonyl (C=O) groups is 1. The predicted molar refractivity (Wildman–Crippen MR) is 91.0 cm³/mol. The van der Waals surface area contributed by atoms with Crippen LogP contribution in [0.15, 0.2) is 54.6 Å². The SMILES string of the molecule is CN(CCC(Oc1ccccc1C(F)(F)F)c1ccccc1)CC(=O)O. The lowest BCUT2D eigenvalue weighted by atomic mass is 10.1. The highest BCUT2D eigenvalue weighted by molar-refractivity contribution is 5.68. The number of likely N-dealkylation sites (N-methyl/N-ethyl adjacent to an activating group) is 1. The number of nitrogens with zero attached hydrogens (tertiary/aromatic N) is 1. The zero-order chi connectivity index (χ0) is 19.2. The Labute approximate surface area is 149 Å². The Balaban J connectivity index is 2.22. The van der Waals surface area contributed by atoms with Crippen LogP contribution >= 0.6 is 0 Å². The van der Waals surface area contributed by atoms with Gasteiger partial charge in [0.1, 0.15) is 11.9 Å². The number of halogens is 3. The zero-order valence-electron chi connectivity index (χ0n) is 14.2. The first-order valence-electron chi connectivity index (χ1n) is 8.05. The van der Waals surface area contributed by atoms with Gasteiger partial charge >= 0.3 is 12.1 Å². The second-order valence-electron chi connectivity index (χ2n) is 5.93. The van der Waals surface area contributed by atoms with Crippen molar-refractivity contribution >= 4 is 5.97 Å². The van der Waals surface area contributed by atoms with Crippen molar-refractivity contribution in [3.63, 3.8) is 0 Å². The van der Waals surface area contributed by atoms with E-state index in [1.807, 2.05) is 0 Å². The van der Waals surface area contributed by atoms with Gasteiger partial charge in [0.15, 0.2) is 0 Å². The fourth-order valence-corrected chi connectivity index (χ4v) is 2.57. The summed E-state index contributed by atoms with van der Waals surface area (Å²) < 4.78 is 45.3. The van der Waals surface area contributed by atoms with Gasteiger partial charge in [0.2, 0.25) is 0 Å². The second-order valence-corrected chi connectivity index (χ2v) is 5.93. The maximum atomic E-state index is 13.2. The lowest BCUT2D eigenvalue weighted by Crippen LogP contribution is -2.28. The van der Waals surface area contributed by atoms with E-state index in [1.54, 1.807) is 42.3 Å². The fraction of sp³-hybridized carbons (Fsp3) is 0.316. The smallest absolute Gasteiger partial charge is 0.419 e. The Hall–Kier alpha value is -2.54. The Morgan fingerprint density at radius 1 is 1.12 bits per heavy atom. The van der Waals surface area contributed by atoms with Crippen LogP contribution in [0.2, 0.25) is 0 Å². The maximum Gasteiger partial charge on any atom is 0.419 e. The molecule has 0 saturated carbocycles. The number of benzene rings is 2. The number of alkyl halides is 3. The summed E-state index contributed by atoms with van der Waals surface area (Å²) >= 11 is 0. The summed E-state index contributed by atoms with van der Waals surface area (Å²) in [6.07, 6.45) is -4.80. The number of rotatable bonds is 8. The third-order valence-corrected chi connectivity index (χ3v) is 3.81. The van der Waals surface area contributed by atoms with E-state index in [1.165, 1.54) is 18.2 Å². The minimum absolute atomic E-state index is 0.152. The quantitative estimate of drug-likeness (QED) is 0.759. The molecule has 2 rings (SSSR count). The molecule has 2 aromatic rings. The number of aliphatic carboxylic acids is 1. The topological polar surface area (TPSA) is 49.8 Å². The van der Waals surface area contributed by atoms with Crippen molar-refractivity contribution in [1.29, 1.82) is 0 Å². The summed E-state index contributed by atoms with van der Waals surface area (Å²) in [5.41, 5.74) is -0.104. The van der Waals surface area contributed by atoms with Crippen LogP contribution in [0.1, 0.15) is 23.7 Å². The van der Waals surface area contributed by atoms with Crippen LogP contribution in [0.25, 0.3) is 0 Å². The van der Waals surface area contributed by atoms with Crippen molar-refractivity contribution in [3.8, 4) is 5.75 Å². The zero-order valence-corrected chi connectivity index (χ0v) is 14.2. The van der Waals surface area contributed by atoms with Gasteiger partial charge in [0.25, 0.3) is 0 Å². The van der Waals surface area contributed by atoms with Gasteiger partial charge < -0.3 is 9.84 Å². The first kappa shape index (κ1) is 19.8. The molecule has 0 aliphatic carbocycles. The van der Waals surface area contributed by atoms with Crippen LogP contribution in [0.5, 0.6) is 5.75 Å². The first-order valence-corrected chi connectivity index (χ1v) is 8.05. The summed E-state index contributed by atoms with van der Waals surface area (Å²) in [4.78, 5) is 12.4. The summed E-state index contributed by atoms with van der Waals surface area (Å²) in [7, 11) is 1.64. The number of para-hydroxylation sites is 1. The molecule has 0 saturated heterocycles. The number of carboxylic acid groups (broad SMARTS) is 1. The molecule has 0 aromatic heterocycles. The average molecular weight is 367 g/mol. The highest BCUT2D eigenvalue weighted by Gasteiger charge is 2.34. The third kappa shape index (κ3) is 5.77. The minimum Gasteiger partial charge on any atom is -0.485 e. The molecule has 0 spiro atoms. The fourth-order valence-electron chi connectivity index (χ4n) is 2.57. The van der Waals surface area contributed by atoms with E-state index in [9.17, 15) is 18.0 Å². The minimum atomic E-state index is -4.52. The van der Waals surface area contributed by atoms with Crippen molar-refractivity contribution in [2.75, 3.05) is 20.1 Å². The molecule has 1 atom stereocenters. The molecule has 0 heterocycles. The van der Waals surface area contributed by atoms with E-state index in [4.69, 9.17) is 9.84 Å². The third-order valence-electron chi connectivity index (χ3n) is 3.81.